The molecule has 6 aliphatic heterocycles. The third-order valence-electron chi connectivity index (χ3n) is 29.3. The fourth-order valence-electron chi connectivity index (χ4n) is 22.0. The van der Waals surface area contributed by atoms with Crippen molar-refractivity contribution in [1.29, 1.82) is 0 Å². The van der Waals surface area contributed by atoms with Gasteiger partial charge in [0.25, 0.3) is 40.5 Å². The van der Waals surface area contributed by atoms with E-state index in [0.29, 0.717) is 137 Å². The Bertz CT molecular complexity index is 7880. The molecule has 6 aliphatic rings. The number of anilines is 3. The summed E-state index contributed by atoms with van der Waals surface area (Å²) in [4.78, 5) is 40.1. The van der Waals surface area contributed by atoms with Crippen LogP contribution in [0.2, 0.25) is 0 Å². The number of carbonyl (C=O) groups is 3. The second kappa shape index (κ2) is 42.8. The molecule has 790 valence electrons. The molecule has 40 heteroatoms. The summed E-state index contributed by atoms with van der Waals surface area (Å²) in [7, 11) is -32.7. The number of allylic oxidation sites excluding steroid dienone is 12. The molecule has 0 amide bonds. The maximum absolute atomic E-state index is 13.8. The number of likely N-dealkylation sites (N-methyl/N-ethyl adjacent to an activating group) is 1. The van der Waals surface area contributed by atoms with Crippen LogP contribution < -0.4 is 20.4 Å². The Kier molecular flexibility index (Phi) is 33.0. The molecule has 33 nitrogen and oxygen atoms in total. The highest BCUT2D eigenvalue weighted by atomic mass is 32.2. The van der Waals surface area contributed by atoms with Crippen LogP contribution in [0.3, 0.4) is 0 Å². The zero-order valence-corrected chi connectivity index (χ0v) is 90.6. The number of carboxylic acids is 2. The van der Waals surface area contributed by atoms with Crippen LogP contribution in [-0.4, -0.2) is 200 Å². The number of ketones is 1. The number of carboxylic acid groups (broad SMARTS) is 2. The number of Topliss-reactive ketones (excluding diaryl/α,β-unsaturated/α-hetero) is 1. The molecule has 0 aliphatic carbocycles. The molecule has 14 rings (SSSR count). The highest BCUT2D eigenvalue weighted by Gasteiger charge is 2.51. The van der Waals surface area contributed by atoms with E-state index < -0.39 is 137 Å². The van der Waals surface area contributed by atoms with Crippen LogP contribution in [0.25, 0.3) is 21.5 Å². The third kappa shape index (κ3) is 24.2. The minimum Gasteiger partial charge on any atom is -0.748 e. The normalized spacial score (nSPS) is 18.0. The van der Waals surface area contributed by atoms with Crippen molar-refractivity contribution < 1.29 is 129 Å². The minimum absolute atomic E-state index is 0.0264. The summed E-state index contributed by atoms with van der Waals surface area (Å²) >= 11 is 0. The lowest BCUT2D eigenvalue weighted by atomic mass is 9.78. The first-order chi connectivity index (χ1) is 68.3. The smallest absolute Gasteiger partial charge is 0.303 e. The van der Waals surface area contributed by atoms with Gasteiger partial charge in [-0.2, -0.15) is 47.4 Å². The number of carbonyl (C=O) groups excluding carboxylic acids is 1. The number of benzene rings is 8. The van der Waals surface area contributed by atoms with Gasteiger partial charge in [0, 0.05) is 192 Å². The van der Waals surface area contributed by atoms with Crippen molar-refractivity contribution in [3.63, 3.8) is 0 Å². The largest absolute Gasteiger partial charge is 0.748 e. The molecule has 0 spiro atoms. The Balaban J connectivity index is 0.000000327. The van der Waals surface area contributed by atoms with Crippen molar-refractivity contribution in [3.05, 3.63) is 243 Å². The van der Waals surface area contributed by atoms with Crippen LogP contribution in [0, 0.1) is 6.92 Å². The zero-order valence-electron chi connectivity index (χ0n) is 84.9. The Labute approximate surface area is 861 Å². The van der Waals surface area contributed by atoms with E-state index in [2.05, 4.69) is 44.6 Å². The van der Waals surface area contributed by atoms with Gasteiger partial charge in [-0.15, -0.1) is 0 Å². The van der Waals surface area contributed by atoms with E-state index in [-0.39, 0.29) is 76.3 Å². The molecule has 147 heavy (non-hydrogen) atoms. The monoisotopic (exact) mass is 2150 g/mol. The molecule has 8 aromatic rings. The quantitative estimate of drug-likeness (QED) is 0.0106. The summed E-state index contributed by atoms with van der Waals surface area (Å²) in [6, 6.07) is 32.8. The maximum Gasteiger partial charge on any atom is 0.303 e. The number of rotatable bonds is 42. The molecule has 0 aromatic heterocycles. The summed E-state index contributed by atoms with van der Waals surface area (Å²) < 4.78 is 253. The fourth-order valence-corrected chi connectivity index (χ4v) is 25.9. The van der Waals surface area contributed by atoms with E-state index in [1.807, 2.05) is 177 Å². The topological polar surface area (TPSA) is 526 Å². The number of unbranched alkanes of at least 4 members (excludes halogenated alkanes) is 6. The first kappa shape index (κ1) is 113. The van der Waals surface area contributed by atoms with E-state index in [9.17, 15) is 110 Å². The lowest BCUT2D eigenvalue weighted by molar-refractivity contribution is -0.438. The molecular weight excluding hydrogens is 2020 g/mol. The molecule has 0 radical (unpaired) electrons. The number of aryl methyl sites for hydroxylation is 2. The summed E-state index contributed by atoms with van der Waals surface area (Å²) in [6.07, 6.45) is 24.1. The first-order valence-corrected chi connectivity index (χ1v) is 59.2. The molecule has 6 heterocycles. The third-order valence-corrected chi connectivity index (χ3v) is 35.2. The van der Waals surface area contributed by atoms with Gasteiger partial charge in [-0.25, -0.2) is 25.3 Å². The Morgan fingerprint density at radius 2 is 0.776 bits per heavy atom. The molecule has 0 saturated carbocycles. The summed E-state index contributed by atoms with van der Waals surface area (Å²) in [6.45, 7) is 30.7. The molecule has 0 fully saturated rings. The van der Waals surface area contributed by atoms with E-state index >= 15 is 0 Å². The van der Waals surface area contributed by atoms with Gasteiger partial charge < -0.3 is 44.3 Å². The second-order valence-corrected chi connectivity index (χ2v) is 51.6. The Morgan fingerprint density at radius 1 is 0.374 bits per heavy atom. The van der Waals surface area contributed by atoms with E-state index in [4.69, 9.17) is 10.8 Å². The van der Waals surface area contributed by atoms with Crippen molar-refractivity contribution in [2.24, 2.45) is 5.73 Å². The number of fused-ring (bicyclic) bond motifs is 10. The fraction of sp³-hybridized carbons (Fsp3) is 0.421. The van der Waals surface area contributed by atoms with Gasteiger partial charge in [-0.3, -0.25) is 32.6 Å². The number of hydrogen-bond acceptors (Lipinski definition) is 24. The first-order valence-electron chi connectivity index (χ1n) is 48.9. The molecule has 8 N–H and O–H groups in total. The maximum atomic E-state index is 13.8. The summed E-state index contributed by atoms with van der Waals surface area (Å²) in [5.41, 5.74) is 18.8. The zero-order chi connectivity index (χ0) is 108. The molecule has 0 saturated heterocycles. The van der Waals surface area contributed by atoms with Crippen molar-refractivity contribution >= 4 is 161 Å². The van der Waals surface area contributed by atoms with E-state index in [1.54, 1.807) is 25.1 Å². The lowest BCUT2D eigenvalue weighted by Crippen LogP contribution is -2.29. The summed E-state index contributed by atoms with van der Waals surface area (Å²) in [5.74, 6) is -2.75. The van der Waals surface area contributed by atoms with Crippen molar-refractivity contribution in [2.45, 2.75) is 263 Å². The van der Waals surface area contributed by atoms with Gasteiger partial charge in [0.2, 0.25) is 17.1 Å². The van der Waals surface area contributed by atoms with Gasteiger partial charge in [0.15, 0.2) is 17.1 Å². The molecule has 0 unspecified atom stereocenters. The number of aliphatic carboxylic acids is 2. The van der Waals surface area contributed by atoms with Gasteiger partial charge in [-0.1, -0.05) is 90.1 Å². The average Bonchev–Trinajstić information content (AvgIpc) is 1.55. The van der Waals surface area contributed by atoms with Crippen molar-refractivity contribution in [2.75, 3.05) is 65.5 Å². The molecular formula is C107H129N7O26S7. The van der Waals surface area contributed by atoms with Crippen LogP contribution in [0.15, 0.2) is 218 Å². The predicted octanol–water partition coefficient (Wildman–Crippen LogP) is 17.1. The molecule has 0 atom stereocenters. The van der Waals surface area contributed by atoms with E-state index in [1.165, 1.54) is 48.5 Å². The van der Waals surface area contributed by atoms with Gasteiger partial charge in [0.1, 0.15) is 40.4 Å². The Morgan fingerprint density at radius 3 is 1.22 bits per heavy atom. The number of nitrogens with two attached hydrogens (primary N) is 1. The highest BCUT2D eigenvalue weighted by Crippen LogP contribution is 2.55. The van der Waals surface area contributed by atoms with Gasteiger partial charge >= 0.3 is 11.9 Å². The number of hydrogen-bond donors (Lipinski definition) is 7. The van der Waals surface area contributed by atoms with Crippen LogP contribution in [0.5, 0.6) is 0 Å². The average molecular weight is 2150 g/mol. The van der Waals surface area contributed by atoms with Crippen molar-refractivity contribution in [1.82, 2.24) is 0 Å². The predicted molar refractivity (Wildman–Crippen MR) is 563 cm³/mol. The van der Waals surface area contributed by atoms with E-state index in [0.717, 1.165) is 102 Å². The Hall–Kier alpha value is -10.9. The minimum atomic E-state index is -5.02. The van der Waals surface area contributed by atoms with Crippen LogP contribution in [0.4, 0.5) is 34.1 Å². The van der Waals surface area contributed by atoms with Crippen LogP contribution in [-0.2, 0) is 131 Å². The molecule has 0 bridgehead atoms. The van der Waals surface area contributed by atoms with Crippen LogP contribution >= 0.6 is 0 Å². The van der Waals surface area contributed by atoms with Gasteiger partial charge in [0.05, 0.1) is 56.1 Å². The number of nitrogens with zero attached hydrogens (tertiary/aromatic N) is 6. The standard InChI is InChI=1S/C74H86N4O18S5.C33H43N3O8S2/c1-11-75-61-35-31-53-47(2)41-51(99(88,89)90)43-55(53)69(61)73(7,8)66(75)24-19-25-67-74(9,10)70-56-44-52(100(91,92)93)46-63(101(94,95)96)54(56)32-36-62(70)78(67)38-16-12-14-21-49(79)29-27-48-28-33-59-57(42-48)71(3,4)64(77(59)39-20-40-97(82,83)84)22-18-23-65-72(5,6)58-45-50(98(85,86)87)30-34-60(58)76(65)37-17-13-15-26-68(80)81;1-32(2)25-20-23(22-34)13-15-27(25)36(18-9-19-45(39,40)41)29(32)10-8-11-30-33(3,4)26-21-24(46(42,43)44)14-16-28(26)35(30)17-7-5-6-12-31(37)38/h18-19,22-25,28,30-36,41-46H,11-17,20-21,26-27,29,37-40H2,1-10H3,(H4-2,80,81,82,83,84,85,86,87,88,89,90,91,92,93,94,95,96);8,10-11,13-16,20-21H,5-7,9,12,17-19,22,34H2,1-4H3,(H2-,37,38,39,40,41,42,43,44). The lowest BCUT2D eigenvalue weighted by Gasteiger charge is -2.27. The van der Waals surface area contributed by atoms with Gasteiger partial charge in [-0.05, 0) is 254 Å². The van der Waals surface area contributed by atoms with Crippen LogP contribution in [0.1, 0.15) is 236 Å². The van der Waals surface area contributed by atoms with Crippen molar-refractivity contribution in [3.8, 4) is 0 Å². The SMILES string of the molecule is CC1(C)C(=CC=CC2=[N+](CCCCCC(=O)O)c3ccc(S(=O)(=O)[O-])cc3C2(C)C)N(CCCS(=O)(=O)[O-])c2ccc(CN)cc21.CCN1C(=CC=CC2=[N+](CCCCCC(=O)CCc3ccc4c(c3)C(C)(C)C(=CC=CC3=[N+](CCCCCC(=O)O)c5ccc(S(=O)(=O)O)cc5C3(C)C)N4CCCS(=O)(=O)[O-])c3ccc4c(S(=O)(=O)O)cc(S(=O)(=O)O)cc4c3C2(C)C)C(C)(C)c2c1ccc1c(C)cc(S(=O)(=O)O)cc21. The highest BCUT2D eigenvalue weighted by molar-refractivity contribution is 7.87. The summed E-state index contributed by atoms with van der Waals surface area (Å²) in [5, 5.41) is 20.0. The molecule has 8 aromatic carbocycles. The second-order valence-electron chi connectivity index (χ2n) is 41.5.